The number of ether oxygens (including phenoxy) is 1. The first-order valence-electron chi connectivity index (χ1n) is 7.62. The highest BCUT2D eigenvalue weighted by atomic mass is 79.9. The molecule has 1 amide bonds. The number of methoxy groups -OCH3 is 1. The van der Waals surface area contributed by atoms with E-state index in [-0.39, 0.29) is 5.91 Å². The molecule has 120 valence electrons. The average molecular weight is 375 g/mol. The molecule has 1 fully saturated rings. The third kappa shape index (κ3) is 3.34. The molecule has 1 saturated heterocycles. The molecule has 5 heteroatoms. The lowest BCUT2D eigenvalue weighted by atomic mass is 10.1. The highest BCUT2D eigenvalue weighted by Gasteiger charge is 2.24. The number of piperazine rings is 1. The summed E-state index contributed by atoms with van der Waals surface area (Å²) in [6.07, 6.45) is 0. The lowest BCUT2D eigenvalue weighted by molar-refractivity contribution is 0.0746. The van der Waals surface area contributed by atoms with E-state index in [2.05, 4.69) is 26.9 Å². The molecule has 0 N–H and O–H groups in total. The minimum Gasteiger partial charge on any atom is -0.495 e. The highest BCUT2D eigenvalue weighted by molar-refractivity contribution is 9.10. The molecule has 0 bridgehead atoms. The van der Waals surface area contributed by atoms with Crippen molar-refractivity contribution in [1.29, 1.82) is 0 Å². The Bertz CT molecular complexity index is 697. The van der Waals surface area contributed by atoms with Gasteiger partial charge in [0.1, 0.15) is 5.75 Å². The van der Waals surface area contributed by atoms with Crippen LogP contribution in [0.3, 0.4) is 0 Å². The number of carbonyl (C=O) groups is 1. The molecule has 4 nitrogen and oxygen atoms in total. The molecular formula is C18H19BrN2O2. The Morgan fingerprint density at radius 2 is 1.65 bits per heavy atom. The van der Waals surface area contributed by atoms with Crippen molar-refractivity contribution in [2.45, 2.75) is 0 Å². The molecule has 0 aliphatic carbocycles. The number of para-hydroxylation sites is 2. The minimum atomic E-state index is 0.0807. The normalized spacial score (nSPS) is 14.7. The van der Waals surface area contributed by atoms with Crippen LogP contribution in [0, 0.1) is 0 Å². The van der Waals surface area contributed by atoms with Crippen molar-refractivity contribution in [2.75, 3.05) is 38.2 Å². The summed E-state index contributed by atoms with van der Waals surface area (Å²) >= 11 is 3.46. The lowest BCUT2D eigenvalue weighted by Crippen LogP contribution is -2.49. The number of nitrogens with zero attached hydrogens (tertiary/aromatic N) is 2. The van der Waals surface area contributed by atoms with E-state index in [1.165, 1.54) is 0 Å². The van der Waals surface area contributed by atoms with Crippen LogP contribution in [0.1, 0.15) is 10.4 Å². The van der Waals surface area contributed by atoms with Crippen LogP contribution in [0.4, 0.5) is 5.69 Å². The summed E-state index contributed by atoms with van der Waals surface area (Å²) in [6.45, 7) is 3.02. The van der Waals surface area contributed by atoms with E-state index in [0.29, 0.717) is 13.1 Å². The highest BCUT2D eigenvalue weighted by Crippen LogP contribution is 2.28. The van der Waals surface area contributed by atoms with Crippen LogP contribution in [0.25, 0.3) is 0 Å². The molecule has 23 heavy (non-hydrogen) atoms. The van der Waals surface area contributed by atoms with Crippen LogP contribution in [-0.2, 0) is 0 Å². The van der Waals surface area contributed by atoms with Gasteiger partial charge in [0.05, 0.1) is 18.4 Å². The number of amides is 1. The second kappa shape index (κ2) is 7.04. The molecule has 1 aliphatic heterocycles. The van der Waals surface area contributed by atoms with Gasteiger partial charge < -0.3 is 14.5 Å². The van der Waals surface area contributed by atoms with E-state index in [4.69, 9.17) is 4.74 Å². The van der Waals surface area contributed by atoms with Gasteiger partial charge >= 0.3 is 0 Å². The maximum Gasteiger partial charge on any atom is 0.255 e. The third-order valence-electron chi connectivity index (χ3n) is 4.10. The predicted molar refractivity (Wildman–Crippen MR) is 95.3 cm³/mol. The van der Waals surface area contributed by atoms with Gasteiger partial charge in [0.25, 0.3) is 5.91 Å². The third-order valence-corrected chi connectivity index (χ3v) is 4.79. The summed E-state index contributed by atoms with van der Waals surface area (Å²) in [7, 11) is 1.69. The van der Waals surface area contributed by atoms with Crippen molar-refractivity contribution in [3.05, 3.63) is 58.6 Å². The van der Waals surface area contributed by atoms with Crippen molar-refractivity contribution in [3.8, 4) is 5.75 Å². The van der Waals surface area contributed by atoms with Crippen LogP contribution in [-0.4, -0.2) is 44.1 Å². The second-order valence-corrected chi connectivity index (χ2v) is 6.29. The van der Waals surface area contributed by atoms with Crippen molar-refractivity contribution in [1.82, 2.24) is 4.90 Å². The number of anilines is 1. The van der Waals surface area contributed by atoms with Crippen molar-refractivity contribution in [2.24, 2.45) is 0 Å². The molecular weight excluding hydrogens is 356 g/mol. The maximum absolute atomic E-state index is 12.6. The SMILES string of the molecule is COc1ccccc1N1CCN(C(=O)c2ccccc2Br)CC1. The Morgan fingerprint density at radius 3 is 2.35 bits per heavy atom. The van der Waals surface area contributed by atoms with Crippen LogP contribution >= 0.6 is 15.9 Å². The first kappa shape index (κ1) is 15.9. The number of hydrogen-bond donors (Lipinski definition) is 0. The summed E-state index contributed by atoms with van der Waals surface area (Å²) in [5.74, 6) is 0.954. The van der Waals surface area contributed by atoms with Gasteiger partial charge in [-0.2, -0.15) is 0 Å². The zero-order valence-electron chi connectivity index (χ0n) is 13.0. The number of halogens is 1. The van der Waals surface area contributed by atoms with Crippen LogP contribution in [0.5, 0.6) is 5.75 Å². The van der Waals surface area contributed by atoms with Gasteiger partial charge in [-0.1, -0.05) is 24.3 Å². The molecule has 0 saturated carbocycles. The average Bonchev–Trinajstić information content (AvgIpc) is 2.61. The smallest absolute Gasteiger partial charge is 0.255 e. The summed E-state index contributed by atoms with van der Waals surface area (Å²) in [6, 6.07) is 15.6. The molecule has 1 heterocycles. The van der Waals surface area contributed by atoms with Crippen molar-refractivity contribution < 1.29 is 9.53 Å². The second-order valence-electron chi connectivity index (χ2n) is 5.43. The first-order valence-corrected chi connectivity index (χ1v) is 8.42. The molecule has 0 atom stereocenters. The fourth-order valence-corrected chi connectivity index (χ4v) is 3.30. The van der Waals surface area contributed by atoms with Crippen molar-refractivity contribution in [3.63, 3.8) is 0 Å². The van der Waals surface area contributed by atoms with Crippen LogP contribution < -0.4 is 9.64 Å². The van der Waals surface area contributed by atoms with E-state index in [1.54, 1.807) is 7.11 Å². The number of carbonyl (C=O) groups excluding carboxylic acids is 1. The topological polar surface area (TPSA) is 32.8 Å². The Kier molecular flexibility index (Phi) is 4.86. The maximum atomic E-state index is 12.6. The fourth-order valence-electron chi connectivity index (χ4n) is 2.85. The van der Waals surface area contributed by atoms with E-state index in [0.717, 1.165) is 34.6 Å². The van der Waals surface area contributed by atoms with E-state index in [1.807, 2.05) is 47.4 Å². The van der Waals surface area contributed by atoms with Crippen molar-refractivity contribution >= 4 is 27.5 Å². The molecule has 2 aromatic rings. The number of hydrogen-bond acceptors (Lipinski definition) is 3. The van der Waals surface area contributed by atoms with Gasteiger partial charge in [0.2, 0.25) is 0 Å². The Labute approximate surface area is 144 Å². The van der Waals surface area contributed by atoms with Gasteiger partial charge in [-0.25, -0.2) is 0 Å². The zero-order chi connectivity index (χ0) is 16.2. The largest absolute Gasteiger partial charge is 0.495 e. The van der Waals surface area contributed by atoms with Gasteiger partial charge in [0, 0.05) is 30.7 Å². The lowest BCUT2D eigenvalue weighted by Gasteiger charge is -2.36. The van der Waals surface area contributed by atoms with E-state index < -0.39 is 0 Å². The van der Waals surface area contributed by atoms with Gasteiger partial charge in [-0.15, -0.1) is 0 Å². The molecule has 1 aliphatic rings. The van der Waals surface area contributed by atoms with Gasteiger partial charge in [-0.3, -0.25) is 4.79 Å². The summed E-state index contributed by atoms with van der Waals surface area (Å²) < 4.78 is 6.27. The Balaban J connectivity index is 1.69. The molecule has 0 radical (unpaired) electrons. The standard InChI is InChI=1S/C18H19BrN2O2/c1-23-17-9-5-4-8-16(17)20-10-12-21(13-11-20)18(22)14-6-2-3-7-15(14)19/h2-9H,10-13H2,1H3. The zero-order valence-corrected chi connectivity index (χ0v) is 14.6. The summed E-state index contributed by atoms with van der Waals surface area (Å²) in [4.78, 5) is 16.8. The monoisotopic (exact) mass is 374 g/mol. The molecule has 0 aromatic heterocycles. The van der Waals surface area contributed by atoms with E-state index >= 15 is 0 Å². The van der Waals surface area contributed by atoms with Gasteiger partial charge in [-0.05, 0) is 40.2 Å². The van der Waals surface area contributed by atoms with Crippen LogP contribution in [0.15, 0.2) is 53.0 Å². The Morgan fingerprint density at radius 1 is 1.00 bits per heavy atom. The molecule has 2 aromatic carbocycles. The summed E-state index contributed by atoms with van der Waals surface area (Å²) in [5.41, 5.74) is 1.81. The number of rotatable bonds is 3. The molecule has 0 unspecified atom stereocenters. The fraction of sp³-hybridized carbons (Fsp3) is 0.278. The predicted octanol–water partition coefficient (Wildman–Crippen LogP) is 3.42. The number of benzene rings is 2. The van der Waals surface area contributed by atoms with Crippen LogP contribution in [0.2, 0.25) is 0 Å². The summed E-state index contributed by atoms with van der Waals surface area (Å²) in [5, 5.41) is 0. The first-order chi connectivity index (χ1) is 11.2. The quantitative estimate of drug-likeness (QED) is 0.824. The molecule has 0 spiro atoms. The minimum absolute atomic E-state index is 0.0807. The van der Waals surface area contributed by atoms with E-state index in [9.17, 15) is 4.79 Å². The molecule has 3 rings (SSSR count). The Hall–Kier alpha value is -2.01. The van der Waals surface area contributed by atoms with Gasteiger partial charge in [0.15, 0.2) is 0 Å².